The van der Waals surface area contributed by atoms with Crippen LogP contribution in [0.2, 0.25) is 0 Å². The third-order valence-corrected chi connectivity index (χ3v) is 5.05. The standard InChI is InChI=1S/C12H18N2O4S/c15-9-12-10-18-7-6-14(12)19(16,17)8-3-11-1-4-13-5-2-11/h1-2,4-5,12,15H,3,6-10H2. The maximum atomic E-state index is 12.3. The Balaban J connectivity index is 2.01. The van der Waals surface area contributed by atoms with Crippen LogP contribution in [0, 0.1) is 0 Å². The van der Waals surface area contributed by atoms with E-state index in [1.165, 1.54) is 4.31 Å². The molecule has 0 amide bonds. The summed E-state index contributed by atoms with van der Waals surface area (Å²) in [5, 5.41) is 9.22. The van der Waals surface area contributed by atoms with E-state index in [9.17, 15) is 13.5 Å². The van der Waals surface area contributed by atoms with Crippen LogP contribution >= 0.6 is 0 Å². The summed E-state index contributed by atoms with van der Waals surface area (Å²) >= 11 is 0. The van der Waals surface area contributed by atoms with Gasteiger partial charge in [-0.1, -0.05) is 0 Å². The summed E-state index contributed by atoms with van der Waals surface area (Å²) in [5.74, 6) is 0.0352. The number of sulfonamides is 1. The minimum Gasteiger partial charge on any atom is -0.395 e. The highest BCUT2D eigenvalue weighted by atomic mass is 32.2. The molecule has 2 rings (SSSR count). The first-order valence-electron chi connectivity index (χ1n) is 6.20. The molecule has 19 heavy (non-hydrogen) atoms. The molecule has 0 saturated carbocycles. The second kappa shape index (κ2) is 6.42. The van der Waals surface area contributed by atoms with Crippen molar-refractivity contribution in [3.63, 3.8) is 0 Å². The maximum absolute atomic E-state index is 12.3. The van der Waals surface area contributed by atoms with Crippen LogP contribution in [-0.4, -0.2) is 61.0 Å². The number of morpholine rings is 1. The van der Waals surface area contributed by atoms with Crippen molar-refractivity contribution in [2.75, 3.05) is 32.1 Å². The van der Waals surface area contributed by atoms with Crippen molar-refractivity contribution in [2.45, 2.75) is 12.5 Å². The smallest absolute Gasteiger partial charge is 0.214 e. The number of nitrogens with zero attached hydrogens (tertiary/aromatic N) is 2. The lowest BCUT2D eigenvalue weighted by Gasteiger charge is -2.33. The number of hydrogen-bond donors (Lipinski definition) is 1. The summed E-state index contributed by atoms with van der Waals surface area (Å²) in [6.07, 6.45) is 3.74. The summed E-state index contributed by atoms with van der Waals surface area (Å²) < 4.78 is 31.1. The van der Waals surface area contributed by atoms with E-state index in [1.807, 2.05) is 0 Å². The molecule has 0 radical (unpaired) electrons. The topological polar surface area (TPSA) is 79.7 Å². The first-order valence-corrected chi connectivity index (χ1v) is 7.81. The molecule has 1 atom stereocenters. The molecule has 1 aliphatic rings. The number of aryl methyl sites for hydroxylation is 1. The number of rotatable bonds is 5. The van der Waals surface area contributed by atoms with Gasteiger partial charge in [-0.3, -0.25) is 4.98 Å². The average molecular weight is 286 g/mol. The minimum atomic E-state index is -3.37. The van der Waals surface area contributed by atoms with E-state index in [4.69, 9.17) is 4.74 Å². The second-order valence-electron chi connectivity index (χ2n) is 4.44. The van der Waals surface area contributed by atoms with Gasteiger partial charge in [0.05, 0.1) is 31.6 Å². The number of pyridine rings is 1. The van der Waals surface area contributed by atoms with Crippen LogP contribution in [0.4, 0.5) is 0 Å². The van der Waals surface area contributed by atoms with Crippen LogP contribution in [-0.2, 0) is 21.2 Å². The Labute approximate surface area is 113 Å². The van der Waals surface area contributed by atoms with Gasteiger partial charge in [-0.25, -0.2) is 8.42 Å². The lowest BCUT2D eigenvalue weighted by molar-refractivity contribution is 0.0109. The van der Waals surface area contributed by atoms with Crippen LogP contribution in [0.25, 0.3) is 0 Å². The second-order valence-corrected chi connectivity index (χ2v) is 6.48. The Morgan fingerprint density at radius 2 is 2.16 bits per heavy atom. The van der Waals surface area contributed by atoms with E-state index in [-0.39, 0.29) is 19.0 Å². The lowest BCUT2D eigenvalue weighted by atomic mass is 10.2. The highest BCUT2D eigenvalue weighted by molar-refractivity contribution is 7.89. The van der Waals surface area contributed by atoms with Crippen LogP contribution < -0.4 is 0 Å². The molecule has 1 N–H and O–H groups in total. The van der Waals surface area contributed by atoms with E-state index in [0.717, 1.165) is 5.56 Å². The van der Waals surface area contributed by atoms with E-state index < -0.39 is 16.1 Å². The third-order valence-electron chi connectivity index (χ3n) is 3.14. The summed E-state index contributed by atoms with van der Waals surface area (Å²) in [4.78, 5) is 3.90. The zero-order valence-electron chi connectivity index (χ0n) is 10.6. The van der Waals surface area contributed by atoms with Crippen molar-refractivity contribution in [1.82, 2.24) is 9.29 Å². The number of aliphatic hydroxyl groups is 1. The van der Waals surface area contributed by atoms with Crippen molar-refractivity contribution >= 4 is 10.0 Å². The van der Waals surface area contributed by atoms with Crippen molar-refractivity contribution in [2.24, 2.45) is 0 Å². The fraction of sp³-hybridized carbons (Fsp3) is 0.583. The molecule has 2 heterocycles. The Hall–Kier alpha value is -1.02. The lowest BCUT2D eigenvalue weighted by Crippen LogP contribution is -2.51. The zero-order chi connectivity index (χ0) is 13.7. The van der Waals surface area contributed by atoms with E-state index in [1.54, 1.807) is 24.5 Å². The van der Waals surface area contributed by atoms with Gasteiger partial charge >= 0.3 is 0 Å². The monoisotopic (exact) mass is 286 g/mol. The van der Waals surface area contributed by atoms with Gasteiger partial charge < -0.3 is 9.84 Å². The molecule has 0 aliphatic carbocycles. The summed E-state index contributed by atoms with van der Waals surface area (Å²) in [5.41, 5.74) is 0.937. The van der Waals surface area contributed by atoms with Gasteiger partial charge in [-0.15, -0.1) is 0 Å². The van der Waals surface area contributed by atoms with Crippen molar-refractivity contribution in [3.8, 4) is 0 Å². The molecular weight excluding hydrogens is 268 g/mol. The molecule has 1 aromatic heterocycles. The predicted octanol–water partition coefficient (Wildman–Crippen LogP) is -0.353. The molecule has 7 heteroatoms. The highest BCUT2D eigenvalue weighted by Crippen LogP contribution is 2.14. The van der Waals surface area contributed by atoms with Gasteiger partial charge in [-0.2, -0.15) is 4.31 Å². The summed E-state index contributed by atoms with van der Waals surface area (Å²) in [6, 6.07) is 3.15. The number of aromatic nitrogens is 1. The van der Waals surface area contributed by atoms with Gasteiger partial charge in [0.2, 0.25) is 10.0 Å². The highest BCUT2D eigenvalue weighted by Gasteiger charge is 2.31. The molecule has 1 saturated heterocycles. The van der Waals surface area contributed by atoms with Gasteiger partial charge in [0.25, 0.3) is 0 Å². The van der Waals surface area contributed by atoms with Gasteiger partial charge in [-0.05, 0) is 24.1 Å². The predicted molar refractivity (Wildman–Crippen MR) is 70.1 cm³/mol. The average Bonchev–Trinajstić information content (AvgIpc) is 2.46. The summed E-state index contributed by atoms with van der Waals surface area (Å²) in [6.45, 7) is 0.731. The van der Waals surface area contributed by atoms with Crippen LogP contribution in [0.15, 0.2) is 24.5 Å². The molecule has 1 aliphatic heterocycles. The van der Waals surface area contributed by atoms with E-state index >= 15 is 0 Å². The molecule has 0 aromatic carbocycles. The fourth-order valence-electron chi connectivity index (χ4n) is 2.06. The van der Waals surface area contributed by atoms with Crippen molar-refractivity contribution in [1.29, 1.82) is 0 Å². The number of hydrogen-bond acceptors (Lipinski definition) is 5. The van der Waals surface area contributed by atoms with E-state index in [0.29, 0.717) is 19.6 Å². The SMILES string of the molecule is O=S(=O)(CCc1ccncc1)N1CCOCC1CO. The molecule has 106 valence electrons. The third kappa shape index (κ3) is 3.73. The Morgan fingerprint density at radius 1 is 1.42 bits per heavy atom. The molecule has 1 aromatic rings. The molecule has 0 spiro atoms. The van der Waals surface area contributed by atoms with Crippen molar-refractivity contribution in [3.05, 3.63) is 30.1 Å². The Bertz CT molecular complexity index is 492. The molecular formula is C12H18N2O4S. The van der Waals surface area contributed by atoms with Crippen LogP contribution in [0.5, 0.6) is 0 Å². The maximum Gasteiger partial charge on any atom is 0.214 e. The molecule has 6 nitrogen and oxygen atoms in total. The first kappa shape index (κ1) is 14.4. The van der Waals surface area contributed by atoms with Gasteiger partial charge in [0.1, 0.15) is 0 Å². The molecule has 1 fully saturated rings. The van der Waals surface area contributed by atoms with Crippen LogP contribution in [0.1, 0.15) is 5.56 Å². The van der Waals surface area contributed by atoms with Crippen LogP contribution in [0.3, 0.4) is 0 Å². The Morgan fingerprint density at radius 3 is 2.84 bits per heavy atom. The fourth-order valence-corrected chi connectivity index (χ4v) is 3.73. The first-order chi connectivity index (χ1) is 9.13. The normalized spacial score (nSPS) is 21.4. The van der Waals surface area contributed by atoms with Gasteiger partial charge in [0, 0.05) is 18.9 Å². The molecule has 0 bridgehead atoms. The number of ether oxygens (including phenoxy) is 1. The largest absolute Gasteiger partial charge is 0.395 e. The summed E-state index contributed by atoms with van der Waals surface area (Å²) in [7, 11) is -3.37. The zero-order valence-corrected chi connectivity index (χ0v) is 11.4. The number of aliphatic hydroxyl groups excluding tert-OH is 1. The van der Waals surface area contributed by atoms with Crippen molar-refractivity contribution < 1.29 is 18.3 Å². The molecule has 1 unspecified atom stereocenters. The van der Waals surface area contributed by atoms with Gasteiger partial charge in [0.15, 0.2) is 0 Å². The minimum absolute atomic E-state index is 0.0352. The Kier molecular flexibility index (Phi) is 4.87. The van der Waals surface area contributed by atoms with E-state index in [2.05, 4.69) is 4.98 Å². The quantitative estimate of drug-likeness (QED) is 0.800.